The van der Waals surface area contributed by atoms with Crippen LogP contribution in [0, 0.1) is 6.92 Å². The van der Waals surface area contributed by atoms with Crippen molar-refractivity contribution in [3.8, 4) is 11.5 Å². The topological polar surface area (TPSA) is 61.0 Å². The van der Waals surface area contributed by atoms with Crippen molar-refractivity contribution in [3.63, 3.8) is 0 Å². The van der Waals surface area contributed by atoms with Crippen molar-refractivity contribution in [2.75, 3.05) is 5.73 Å². The maximum absolute atomic E-state index is 5.70. The van der Waals surface area contributed by atoms with Crippen molar-refractivity contribution in [1.29, 1.82) is 0 Å². The van der Waals surface area contributed by atoms with E-state index in [1.165, 1.54) is 0 Å². The van der Waals surface area contributed by atoms with Crippen LogP contribution in [0.3, 0.4) is 0 Å². The largest absolute Gasteiger partial charge is 0.456 e. The van der Waals surface area contributed by atoms with E-state index in [0.717, 1.165) is 17.0 Å². The Balaban J connectivity index is 2.22. The zero-order valence-electron chi connectivity index (χ0n) is 8.34. The molecule has 2 rings (SSSR count). The van der Waals surface area contributed by atoms with E-state index in [9.17, 15) is 0 Å². The number of hydrogen-bond donors (Lipinski definition) is 1. The van der Waals surface area contributed by atoms with Crippen LogP contribution < -0.4 is 10.5 Å². The highest BCUT2D eigenvalue weighted by molar-refractivity contribution is 5.50. The standard InChI is InChI=1S/C11H11N3O/c1-8-6-9(2-3-11(8)12)15-10-4-5-13-14-7-10/h2-7H,12H2,1H3. The predicted octanol–water partition coefficient (Wildman–Crippen LogP) is 2.16. The monoisotopic (exact) mass is 201 g/mol. The average Bonchev–Trinajstić information content (AvgIpc) is 2.25. The third kappa shape index (κ3) is 2.22. The van der Waals surface area contributed by atoms with Crippen LogP contribution in [-0.4, -0.2) is 10.2 Å². The smallest absolute Gasteiger partial charge is 0.149 e. The molecule has 0 aliphatic carbocycles. The molecule has 76 valence electrons. The first-order valence-electron chi connectivity index (χ1n) is 4.56. The number of hydrogen-bond acceptors (Lipinski definition) is 4. The third-order valence-corrected chi connectivity index (χ3v) is 2.03. The molecule has 4 nitrogen and oxygen atoms in total. The Kier molecular flexibility index (Phi) is 2.49. The number of nitrogen functional groups attached to an aromatic ring is 1. The van der Waals surface area contributed by atoms with Gasteiger partial charge in [0.05, 0.1) is 12.4 Å². The van der Waals surface area contributed by atoms with Gasteiger partial charge in [0.15, 0.2) is 0 Å². The molecule has 0 aliphatic rings. The lowest BCUT2D eigenvalue weighted by Gasteiger charge is -2.06. The molecule has 1 aromatic heterocycles. The SMILES string of the molecule is Cc1cc(Oc2ccnnc2)ccc1N. The Morgan fingerprint density at radius 2 is 2.00 bits per heavy atom. The first-order chi connectivity index (χ1) is 7.25. The van der Waals surface area contributed by atoms with Crippen molar-refractivity contribution in [1.82, 2.24) is 10.2 Å². The van der Waals surface area contributed by atoms with Crippen molar-refractivity contribution >= 4 is 5.69 Å². The van der Waals surface area contributed by atoms with Gasteiger partial charge in [-0.1, -0.05) is 0 Å². The summed E-state index contributed by atoms with van der Waals surface area (Å²) in [6, 6.07) is 7.27. The Hall–Kier alpha value is -2.10. The molecule has 0 unspecified atom stereocenters. The van der Waals surface area contributed by atoms with E-state index in [4.69, 9.17) is 10.5 Å². The molecule has 1 heterocycles. The van der Waals surface area contributed by atoms with E-state index >= 15 is 0 Å². The van der Waals surface area contributed by atoms with Crippen molar-refractivity contribution < 1.29 is 4.74 Å². The fourth-order valence-electron chi connectivity index (χ4n) is 1.19. The van der Waals surface area contributed by atoms with Gasteiger partial charge in [0, 0.05) is 11.8 Å². The molecule has 0 atom stereocenters. The summed E-state index contributed by atoms with van der Waals surface area (Å²) in [6.45, 7) is 1.94. The minimum atomic E-state index is 0.661. The van der Waals surface area contributed by atoms with Gasteiger partial charge in [0.25, 0.3) is 0 Å². The number of nitrogens with zero attached hydrogens (tertiary/aromatic N) is 2. The molecule has 0 fully saturated rings. The molecular formula is C11H11N3O. The van der Waals surface area contributed by atoms with Crippen molar-refractivity contribution in [2.24, 2.45) is 0 Å². The van der Waals surface area contributed by atoms with Crippen LogP contribution in [-0.2, 0) is 0 Å². The van der Waals surface area contributed by atoms with E-state index in [2.05, 4.69) is 10.2 Å². The van der Waals surface area contributed by atoms with Gasteiger partial charge in [-0.15, -0.1) is 0 Å². The number of aryl methyl sites for hydroxylation is 1. The Morgan fingerprint density at radius 1 is 1.13 bits per heavy atom. The highest BCUT2D eigenvalue weighted by Gasteiger charge is 1.99. The maximum Gasteiger partial charge on any atom is 0.149 e. The quantitative estimate of drug-likeness (QED) is 0.756. The molecule has 0 amide bonds. The summed E-state index contributed by atoms with van der Waals surface area (Å²) in [5, 5.41) is 7.39. The number of rotatable bonds is 2. The van der Waals surface area contributed by atoms with E-state index < -0.39 is 0 Å². The molecule has 4 heteroatoms. The van der Waals surface area contributed by atoms with Crippen molar-refractivity contribution in [2.45, 2.75) is 6.92 Å². The van der Waals surface area contributed by atoms with Crippen molar-refractivity contribution in [3.05, 3.63) is 42.2 Å². The second kappa shape index (κ2) is 3.96. The fourth-order valence-corrected chi connectivity index (χ4v) is 1.19. The molecule has 0 saturated heterocycles. The van der Waals surface area contributed by atoms with E-state index in [0.29, 0.717) is 5.75 Å². The summed E-state index contributed by atoms with van der Waals surface area (Å²) in [6.07, 6.45) is 3.14. The average molecular weight is 201 g/mol. The second-order valence-electron chi connectivity index (χ2n) is 3.20. The van der Waals surface area contributed by atoms with Crippen LogP contribution in [0.2, 0.25) is 0 Å². The molecule has 2 N–H and O–H groups in total. The van der Waals surface area contributed by atoms with E-state index in [-0.39, 0.29) is 0 Å². The highest BCUT2D eigenvalue weighted by Crippen LogP contribution is 2.23. The number of ether oxygens (including phenoxy) is 1. The number of aromatic nitrogens is 2. The Labute approximate surface area is 87.7 Å². The molecule has 0 radical (unpaired) electrons. The summed E-state index contributed by atoms with van der Waals surface area (Å²) in [7, 11) is 0. The van der Waals surface area contributed by atoms with Gasteiger partial charge in [0.2, 0.25) is 0 Å². The molecule has 0 saturated carbocycles. The third-order valence-electron chi connectivity index (χ3n) is 2.03. The minimum Gasteiger partial charge on any atom is -0.456 e. The number of anilines is 1. The van der Waals surface area contributed by atoms with Gasteiger partial charge in [-0.2, -0.15) is 10.2 Å². The molecule has 0 bridgehead atoms. The molecular weight excluding hydrogens is 190 g/mol. The summed E-state index contributed by atoms with van der Waals surface area (Å²) in [4.78, 5) is 0. The maximum atomic E-state index is 5.70. The molecule has 2 aromatic rings. The van der Waals surface area contributed by atoms with Crippen LogP contribution in [0.25, 0.3) is 0 Å². The van der Waals surface area contributed by atoms with E-state index in [1.807, 2.05) is 25.1 Å². The van der Waals surface area contributed by atoms with Crippen LogP contribution in [0.4, 0.5) is 5.69 Å². The van der Waals surface area contributed by atoms with Gasteiger partial charge < -0.3 is 10.5 Å². The van der Waals surface area contributed by atoms with Crippen LogP contribution in [0.15, 0.2) is 36.7 Å². The molecule has 0 aliphatic heterocycles. The van der Waals surface area contributed by atoms with Crippen LogP contribution in [0.1, 0.15) is 5.56 Å². The Morgan fingerprint density at radius 3 is 2.67 bits per heavy atom. The van der Waals surface area contributed by atoms with Crippen LogP contribution in [0.5, 0.6) is 11.5 Å². The van der Waals surface area contributed by atoms with Gasteiger partial charge in [-0.25, -0.2) is 0 Å². The van der Waals surface area contributed by atoms with Gasteiger partial charge in [-0.05, 0) is 30.7 Å². The molecule has 1 aromatic carbocycles. The zero-order valence-corrected chi connectivity index (χ0v) is 8.34. The second-order valence-corrected chi connectivity index (χ2v) is 3.20. The first-order valence-corrected chi connectivity index (χ1v) is 4.56. The van der Waals surface area contributed by atoms with Gasteiger partial charge >= 0.3 is 0 Å². The van der Waals surface area contributed by atoms with Gasteiger partial charge in [0.1, 0.15) is 11.5 Å². The molecule has 0 spiro atoms. The lowest BCUT2D eigenvalue weighted by atomic mass is 10.2. The fraction of sp³-hybridized carbons (Fsp3) is 0.0909. The molecule has 15 heavy (non-hydrogen) atoms. The summed E-state index contributed by atoms with van der Waals surface area (Å²) < 4.78 is 5.56. The summed E-state index contributed by atoms with van der Waals surface area (Å²) in [5.74, 6) is 1.41. The van der Waals surface area contributed by atoms with E-state index in [1.54, 1.807) is 18.5 Å². The lowest BCUT2D eigenvalue weighted by molar-refractivity contribution is 0.478. The number of nitrogens with two attached hydrogens (primary N) is 1. The predicted molar refractivity (Wildman–Crippen MR) is 57.7 cm³/mol. The summed E-state index contributed by atoms with van der Waals surface area (Å²) in [5.41, 5.74) is 7.46. The normalized spacial score (nSPS) is 9.93. The Bertz CT molecular complexity index is 457. The minimum absolute atomic E-state index is 0.661. The number of benzene rings is 1. The highest BCUT2D eigenvalue weighted by atomic mass is 16.5. The zero-order chi connectivity index (χ0) is 10.7. The van der Waals surface area contributed by atoms with Gasteiger partial charge in [-0.3, -0.25) is 0 Å². The summed E-state index contributed by atoms with van der Waals surface area (Å²) >= 11 is 0. The van der Waals surface area contributed by atoms with Crippen LogP contribution >= 0.6 is 0 Å². The first kappa shape index (κ1) is 9.45. The lowest BCUT2D eigenvalue weighted by Crippen LogP contribution is -1.91.